The maximum absolute atomic E-state index is 12.5. The van der Waals surface area contributed by atoms with Crippen molar-refractivity contribution in [2.45, 2.75) is 13.8 Å². The molecule has 28 heavy (non-hydrogen) atoms. The number of benzene rings is 3. The van der Waals surface area contributed by atoms with E-state index in [1.165, 1.54) is 5.56 Å². The topological polar surface area (TPSA) is 44.1 Å². The molecule has 0 aliphatic rings. The van der Waals surface area contributed by atoms with Gasteiger partial charge in [0, 0.05) is 29.6 Å². The molecule has 0 spiro atoms. The summed E-state index contributed by atoms with van der Waals surface area (Å²) in [7, 11) is 3.40. The van der Waals surface area contributed by atoms with Crippen molar-refractivity contribution in [1.82, 2.24) is 9.55 Å². The monoisotopic (exact) mass is 370 g/mol. The predicted octanol–water partition coefficient (Wildman–Crippen LogP) is 4.89. The zero-order valence-corrected chi connectivity index (χ0v) is 16.5. The van der Waals surface area contributed by atoms with Crippen LogP contribution in [0.2, 0.25) is 0 Å². The normalized spacial score (nSPS) is 11.0. The van der Waals surface area contributed by atoms with Crippen LogP contribution < -0.4 is 10.4 Å². The molecule has 0 saturated heterocycles. The summed E-state index contributed by atoms with van der Waals surface area (Å²) in [5.74, 6) is 0.734. The van der Waals surface area contributed by atoms with E-state index in [4.69, 9.17) is 4.74 Å². The Bertz CT molecular complexity index is 1240. The van der Waals surface area contributed by atoms with Crippen LogP contribution in [-0.4, -0.2) is 16.7 Å². The van der Waals surface area contributed by atoms with Gasteiger partial charge in [-0.3, -0.25) is 4.57 Å². The van der Waals surface area contributed by atoms with E-state index in [1.54, 1.807) is 18.7 Å². The predicted molar refractivity (Wildman–Crippen MR) is 114 cm³/mol. The lowest BCUT2D eigenvalue weighted by Gasteiger charge is -2.16. The zero-order chi connectivity index (χ0) is 19.8. The average Bonchev–Trinajstić information content (AvgIpc) is 2.71. The molecule has 1 heterocycles. The fraction of sp³-hybridized carbons (Fsp3) is 0.167. The van der Waals surface area contributed by atoms with Crippen LogP contribution in [0.3, 0.4) is 0 Å². The number of hydrogen-bond acceptors (Lipinski definition) is 3. The summed E-state index contributed by atoms with van der Waals surface area (Å²) in [6, 6.07) is 20.3. The van der Waals surface area contributed by atoms with Gasteiger partial charge in [0.25, 0.3) is 0 Å². The minimum atomic E-state index is -0.284. The van der Waals surface area contributed by atoms with Gasteiger partial charge in [-0.25, -0.2) is 4.79 Å². The van der Waals surface area contributed by atoms with Crippen LogP contribution in [0.1, 0.15) is 11.1 Å². The average molecular weight is 370 g/mol. The van der Waals surface area contributed by atoms with Crippen LogP contribution in [-0.2, 0) is 7.05 Å². The number of nitrogens with zero attached hydrogens (tertiary/aromatic N) is 2. The van der Waals surface area contributed by atoms with Crippen molar-refractivity contribution >= 4 is 10.9 Å². The molecule has 0 unspecified atom stereocenters. The van der Waals surface area contributed by atoms with Gasteiger partial charge < -0.3 is 4.74 Å². The van der Waals surface area contributed by atoms with Crippen LogP contribution >= 0.6 is 0 Å². The lowest BCUT2D eigenvalue weighted by Crippen LogP contribution is -2.21. The first-order chi connectivity index (χ1) is 13.5. The highest BCUT2D eigenvalue weighted by molar-refractivity contribution is 5.97. The Labute approximate surface area is 164 Å². The van der Waals surface area contributed by atoms with E-state index in [2.05, 4.69) is 30.1 Å². The Morgan fingerprint density at radius 3 is 2.32 bits per heavy atom. The smallest absolute Gasteiger partial charge is 0.348 e. The fourth-order valence-electron chi connectivity index (χ4n) is 3.56. The van der Waals surface area contributed by atoms with Crippen molar-refractivity contribution in [3.05, 3.63) is 82.3 Å². The number of hydrogen-bond donors (Lipinski definition) is 0. The number of rotatable bonds is 3. The minimum absolute atomic E-state index is 0.284. The molecular weight excluding hydrogens is 348 g/mol. The van der Waals surface area contributed by atoms with Gasteiger partial charge in [-0.15, -0.1) is 0 Å². The van der Waals surface area contributed by atoms with Gasteiger partial charge in [0.05, 0.1) is 18.3 Å². The molecule has 140 valence electrons. The summed E-state index contributed by atoms with van der Waals surface area (Å²) >= 11 is 0. The molecule has 0 bridgehead atoms. The molecule has 4 aromatic rings. The molecule has 0 atom stereocenters. The summed E-state index contributed by atoms with van der Waals surface area (Å²) in [6.45, 7) is 4.12. The van der Waals surface area contributed by atoms with Gasteiger partial charge in [-0.1, -0.05) is 54.1 Å². The molecule has 1 aromatic heterocycles. The van der Waals surface area contributed by atoms with Crippen molar-refractivity contribution in [1.29, 1.82) is 0 Å². The van der Waals surface area contributed by atoms with Crippen molar-refractivity contribution in [3.63, 3.8) is 0 Å². The van der Waals surface area contributed by atoms with E-state index in [9.17, 15) is 4.79 Å². The molecular formula is C24H22N2O2. The first-order valence-corrected chi connectivity index (χ1v) is 9.21. The van der Waals surface area contributed by atoms with Crippen molar-refractivity contribution < 1.29 is 4.74 Å². The molecule has 4 heteroatoms. The van der Waals surface area contributed by atoms with Crippen molar-refractivity contribution in [2.24, 2.45) is 7.05 Å². The van der Waals surface area contributed by atoms with Crippen LogP contribution in [0.25, 0.3) is 33.3 Å². The van der Waals surface area contributed by atoms with E-state index in [0.29, 0.717) is 5.69 Å². The largest absolute Gasteiger partial charge is 0.496 e. The Morgan fingerprint density at radius 1 is 0.929 bits per heavy atom. The molecule has 0 amide bonds. The van der Waals surface area contributed by atoms with Gasteiger partial charge in [0.2, 0.25) is 0 Å². The van der Waals surface area contributed by atoms with Gasteiger partial charge in [-0.2, -0.15) is 4.98 Å². The van der Waals surface area contributed by atoms with Gasteiger partial charge in [-0.05, 0) is 31.0 Å². The molecule has 0 N–H and O–H groups in total. The molecule has 0 fully saturated rings. The molecule has 4 rings (SSSR count). The van der Waals surface area contributed by atoms with E-state index >= 15 is 0 Å². The number of ether oxygens (including phenoxy) is 1. The lowest BCUT2D eigenvalue weighted by molar-refractivity contribution is 0.417. The Kier molecular flexibility index (Phi) is 4.47. The van der Waals surface area contributed by atoms with E-state index in [-0.39, 0.29) is 5.69 Å². The lowest BCUT2D eigenvalue weighted by atomic mass is 9.96. The summed E-state index contributed by atoms with van der Waals surface area (Å²) < 4.78 is 7.25. The van der Waals surface area contributed by atoms with Crippen molar-refractivity contribution in [2.75, 3.05) is 7.11 Å². The van der Waals surface area contributed by atoms with E-state index in [1.807, 2.05) is 49.4 Å². The number of fused-ring (bicyclic) bond motifs is 1. The number of aryl methyl sites for hydroxylation is 3. The van der Waals surface area contributed by atoms with Crippen molar-refractivity contribution in [3.8, 4) is 28.1 Å². The quantitative estimate of drug-likeness (QED) is 0.516. The molecule has 4 nitrogen and oxygen atoms in total. The minimum Gasteiger partial charge on any atom is -0.496 e. The summed E-state index contributed by atoms with van der Waals surface area (Å²) in [4.78, 5) is 16.9. The fourth-order valence-corrected chi connectivity index (χ4v) is 3.56. The second-order valence-electron chi connectivity index (χ2n) is 7.05. The highest BCUT2D eigenvalue weighted by atomic mass is 16.5. The second kappa shape index (κ2) is 6.97. The Hall–Kier alpha value is -3.40. The van der Waals surface area contributed by atoms with Crippen LogP contribution in [0.15, 0.2) is 65.5 Å². The Balaban J connectivity index is 2.10. The summed E-state index contributed by atoms with van der Waals surface area (Å²) in [6.07, 6.45) is 0. The maximum Gasteiger partial charge on any atom is 0.348 e. The number of methoxy groups -OCH3 is 1. The molecule has 0 aliphatic carbocycles. The van der Waals surface area contributed by atoms with Gasteiger partial charge in [0.15, 0.2) is 0 Å². The van der Waals surface area contributed by atoms with Crippen LogP contribution in [0, 0.1) is 13.8 Å². The third kappa shape index (κ3) is 2.97. The van der Waals surface area contributed by atoms with Gasteiger partial charge in [0.1, 0.15) is 5.75 Å². The highest BCUT2D eigenvalue weighted by Gasteiger charge is 2.16. The van der Waals surface area contributed by atoms with Crippen LogP contribution in [0.4, 0.5) is 0 Å². The zero-order valence-electron chi connectivity index (χ0n) is 16.5. The van der Waals surface area contributed by atoms with E-state index < -0.39 is 0 Å². The SMILES string of the molecule is COc1cc2c(cc1-c1ccccc1C)c(-c1ccc(C)cc1)nc(=O)n2C. The molecule has 3 aromatic carbocycles. The van der Waals surface area contributed by atoms with Crippen LogP contribution in [0.5, 0.6) is 5.75 Å². The second-order valence-corrected chi connectivity index (χ2v) is 7.05. The van der Waals surface area contributed by atoms with E-state index in [0.717, 1.165) is 38.9 Å². The molecule has 0 radical (unpaired) electrons. The molecule has 0 aliphatic heterocycles. The third-order valence-electron chi connectivity index (χ3n) is 5.19. The first-order valence-electron chi connectivity index (χ1n) is 9.21. The van der Waals surface area contributed by atoms with Gasteiger partial charge >= 0.3 is 5.69 Å². The highest BCUT2D eigenvalue weighted by Crippen LogP contribution is 2.37. The third-order valence-corrected chi connectivity index (χ3v) is 5.19. The summed E-state index contributed by atoms with van der Waals surface area (Å²) in [5.41, 5.74) is 6.55. The summed E-state index contributed by atoms with van der Waals surface area (Å²) in [5, 5.41) is 0.921. The molecule has 0 saturated carbocycles. The Morgan fingerprint density at radius 2 is 1.64 bits per heavy atom. The standard InChI is InChI=1S/C24H22N2O2/c1-15-9-11-17(12-10-15)23-20-13-19(18-8-6-5-7-16(18)2)22(28-4)14-21(20)26(3)24(27)25-23/h5-14H,1-4H3. The first kappa shape index (κ1) is 18.0. The number of aromatic nitrogens is 2. The maximum atomic E-state index is 12.5.